The number of carbonyl (C=O) groups is 1. The van der Waals surface area contributed by atoms with Crippen molar-refractivity contribution in [2.45, 2.75) is 52.1 Å². The van der Waals surface area contributed by atoms with E-state index in [0.29, 0.717) is 60.7 Å². The molecule has 1 aliphatic rings. The van der Waals surface area contributed by atoms with E-state index < -0.39 is 16.0 Å². The maximum Gasteiger partial charge on any atom is 0.338 e. The summed E-state index contributed by atoms with van der Waals surface area (Å²) in [5.41, 5.74) is 8.32. The number of nitrogens with two attached hydrogens (primary N) is 1. The SMILES string of the molecule is CC(=N)N1CCC(N(c2cc(C(=O)O)c3nc(C(C)C)n(Cc4ccc5ccc(/C(N)=N/O)cc5c4)c3c2)S(C)(=O)=O)CC1. The number of hydrogen-bond donors (Lipinski definition) is 4. The maximum atomic E-state index is 13.2. The van der Waals surface area contributed by atoms with E-state index in [4.69, 9.17) is 21.3 Å². The fourth-order valence-corrected chi connectivity index (χ4v) is 7.27. The Morgan fingerprint density at radius 2 is 1.82 bits per heavy atom. The van der Waals surface area contributed by atoms with Crippen molar-refractivity contribution in [2.24, 2.45) is 10.9 Å². The lowest BCUT2D eigenvalue weighted by molar-refractivity contribution is 0.0698. The number of oxime groups is 1. The number of carboxylic acids is 1. The van der Waals surface area contributed by atoms with E-state index >= 15 is 0 Å². The van der Waals surface area contributed by atoms with Gasteiger partial charge in [0.25, 0.3) is 0 Å². The van der Waals surface area contributed by atoms with Crippen molar-refractivity contribution in [1.29, 1.82) is 5.41 Å². The van der Waals surface area contributed by atoms with Gasteiger partial charge in [0.15, 0.2) is 5.84 Å². The minimum absolute atomic E-state index is 0.00259. The van der Waals surface area contributed by atoms with Gasteiger partial charge in [-0.25, -0.2) is 18.2 Å². The van der Waals surface area contributed by atoms with Gasteiger partial charge in [-0.1, -0.05) is 43.3 Å². The van der Waals surface area contributed by atoms with Crippen molar-refractivity contribution in [2.75, 3.05) is 23.7 Å². The average molecular weight is 620 g/mol. The first kappa shape index (κ1) is 30.8. The topological polar surface area (TPSA) is 178 Å². The molecule has 0 spiro atoms. The highest BCUT2D eigenvalue weighted by Gasteiger charge is 2.32. The monoisotopic (exact) mass is 619 g/mol. The normalized spacial score (nSPS) is 14.9. The summed E-state index contributed by atoms with van der Waals surface area (Å²) >= 11 is 0. The Morgan fingerprint density at radius 3 is 2.41 bits per heavy atom. The van der Waals surface area contributed by atoms with Gasteiger partial charge in [-0.15, -0.1) is 0 Å². The number of sulfonamides is 1. The zero-order valence-corrected chi connectivity index (χ0v) is 26.0. The van der Waals surface area contributed by atoms with Crippen molar-refractivity contribution in [1.82, 2.24) is 14.5 Å². The molecule has 1 saturated heterocycles. The first-order chi connectivity index (χ1) is 20.8. The lowest BCUT2D eigenvalue weighted by atomic mass is 10.0. The molecule has 2 heterocycles. The quantitative estimate of drug-likeness (QED) is 0.0971. The summed E-state index contributed by atoms with van der Waals surface area (Å²) in [6.07, 6.45) is 2.15. The van der Waals surface area contributed by atoms with Gasteiger partial charge >= 0.3 is 5.97 Å². The summed E-state index contributed by atoms with van der Waals surface area (Å²) in [5.74, 6) is -0.140. The predicted octanol–water partition coefficient (Wildman–Crippen LogP) is 4.38. The number of imidazole rings is 1. The smallest absolute Gasteiger partial charge is 0.338 e. The Kier molecular flexibility index (Phi) is 8.25. The predicted molar refractivity (Wildman–Crippen MR) is 172 cm³/mol. The zero-order chi connectivity index (χ0) is 31.9. The molecular weight excluding hydrogens is 582 g/mol. The van der Waals surface area contributed by atoms with Crippen LogP contribution in [0, 0.1) is 5.41 Å². The molecule has 4 aromatic rings. The van der Waals surface area contributed by atoms with Crippen LogP contribution in [0.5, 0.6) is 0 Å². The molecule has 44 heavy (non-hydrogen) atoms. The number of aromatic carboxylic acids is 1. The first-order valence-electron chi connectivity index (χ1n) is 14.4. The van der Waals surface area contributed by atoms with Crippen LogP contribution < -0.4 is 10.0 Å². The van der Waals surface area contributed by atoms with Crippen LogP contribution in [0.1, 0.15) is 66.8 Å². The molecular formula is C31H37N7O5S. The van der Waals surface area contributed by atoms with Crippen LogP contribution in [0.4, 0.5) is 5.69 Å². The molecule has 12 nitrogen and oxygen atoms in total. The minimum Gasteiger partial charge on any atom is -0.478 e. The van der Waals surface area contributed by atoms with E-state index in [1.807, 2.05) is 53.6 Å². The number of hydrogen-bond acceptors (Lipinski definition) is 7. The Morgan fingerprint density at radius 1 is 1.14 bits per heavy atom. The lowest BCUT2D eigenvalue weighted by Gasteiger charge is -2.39. The van der Waals surface area contributed by atoms with E-state index in [1.54, 1.807) is 19.1 Å². The molecule has 0 unspecified atom stereocenters. The third kappa shape index (κ3) is 5.91. The van der Waals surface area contributed by atoms with Gasteiger partial charge in [0.05, 0.1) is 28.9 Å². The zero-order valence-electron chi connectivity index (χ0n) is 25.1. The van der Waals surface area contributed by atoms with E-state index in [9.17, 15) is 18.3 Å². The number of amidine groups is 2. The van der Waals surface area contributed by atoms with Crippen molar-refractivity contribution in [3.8, 4) is 0 Å². The van der Waals surface area contributed by atoms with E-state index in [0.717, 1.165) is 22.6 Å². The summed E-state index contributed by atoms with van der Waals surface area (Å²) in [6.45, 7) is 7.09. The maximum absolute atomic E-state index is 13.2. The van der Waals surface area contributed by atoms with Crippen LogP contribution in [-0.2, 0) is 16.6 Å². The summed E-state index contributed by atoms with van der Waals surface area (Å²) in [7, 11) is -3.78. The number of anilines is 1. The molecule has 0 radical (unpaired) electrons. The average Bonchev–Trinajstić information content (AvgIpc) is 3.33. The molecule has 3 aromatic carbocycles. The molecule has 5 rings (SSSR count). The Labute approximate surface area is 255 Å². The molecule has 0 atom stereocenters. The molecule has 1 aromatic heterocycles. The minimum atomic E-state index is -3.78. The van der Waals surface area contributed by atoms with Crippen molar-refractivity contribution in [3.63, 3.8) is 0 Å². The van der Waals surface area contributed by atoms with Gasteiger partial charge < -0.3 is 25.5 Å². The van der Waals surface area contributed by atoms with Crippen LogP contribution in [0.2, 0.25) is 0 Å². The van der Waals surface area contributed by atoms with Crippen molar-refractivity contribution < 1.29 is 23.5 Å². The standard InChI is InChI=1S/C31H37N7O5S/c1-18(2)30-34-28-26(31(39)40)15-25(38(44(4,42)43)24-9-11-36(12-10-24)19(3)32)16-27(28)37(30)17-20-5-6-21-7-8-22(29(33)35-41)14-23(21)13-20/h5-8,13-16,18,24,32,41H,9-12,17H2,1-4H3,(H2,33,35)(H,39,40). The summed E-state index contributed by atoms with van der Waals surface area (Å²) in [5, 5.41) is 32.3. The number of fused-ring (bicyclic) bond motifs is 2. The van der Waals surface area contributed by atoms with E-state index in [2.05, 4.69) is 5.16 Å². The number of likely N-dealkylation sites (tertiary alicyclic amines) is 1. The highest BCUT2D eigenvalue weighted by Crippen LogP contribution is 2.34. The van der Waals surface area contributed by atoms with Gasteiger partial charge in [-0.2, -0.15) is 0 Å². The van der Waals surface area contributed by atoms with Gasteiger partial charge in [-0.05, 0) is 60.4 Å². The Bertz CT molecular complexity index is 1910. The second kappa shape index (κ2) is 11.8. The number of nitrogens with zero attached hydrogens (tertiary/aromatic N) is 5. The van der Waals surface area contributed by atoms with Gasteiger partial charge in [0, 0.05) is 37.2 Å². The first-order valence-corrected chi connectivity index (χ1v) is 16.2. The van der Waals surface area contributed by atoms with Crippen LogP contribution >= 0.6 is 0 Å². The van der Waals surface area contributed by atoms with Crippen LogP contribution in [0.15, 0.2) is 53.7 Å². The highest BCUT2D eigenvalue weighted by molar-refractivity contribution is 7.92. The van der Waals surface area contributed by atoms with Crippen LogP contribution in [-0.4, -0.2) is 76.2 Å². The molecule has 0 saturated carbocycles. The number of nitrogens with one attached hydrogen (secondary N) is 1. The molecule has 5 N–H and O–H groups in total. The molecule has 0 amide bonds. The van der Waals surface area contributed by atoms with Crippen molar-refractivity contribution in [3.05, 3.63) is 71.0 Å². The second-order valence-electron chi connectivity index (χ2n) is 11.6. The largest absolute Gasteiger partial charge is 0.478 e. The Hall–Kier alpha value is -4.65. The number of aromatic nitrogens is 2. The third-order valence-electron chi connectivity index (χ3n) is 8.15. The van der Waals surface area contributed by atoms with Gasteiger partial charge in [-0.3, -0.25) is 9.71 Å². The molecule has 0 aliphatic carbocycles. The van der Waals surface area contributed by atoms with E-state index in [1.165, 1.54) is 10.4 Å². The molecule has 232 valence electrons. The summed E-state index contributed by atoms with van der Waals surface area (Å²) < 4.78 is 29.8. The molecule has 1 aliphatic heterocycles. The van der Waals surface area contributed by atoms with E-state index in [-0.39, 0.29) is 29.0 Å². The molecule has 13 heteroatoms. The van der Waals surface area contributed by atoms with Crippen molar-refractivity contribution >= 4 is 55.2 Å². The Balaban J connectivity index is 1.65. The van der Waals surface area contributed by atoms with Crippen LogP contribution in [0.3, 0.4) is 0 Å². The summed E-state index contributed by atoms with van der Waals surface area (Å²) in [4.78, 5) is 19.2. The fraction of sp³-hybridized carbons (Fsp3) is 0.355. The number of benzene rings is 3. The third-order valence-corrected chi connectivity index (χ3v) is 9.37. The fourth-order valence-electron chi connectivity index (χ4n) is 6.03. The number of carboxylic acid groups (broad SMARTS) is 1. The number of rotatable bonds is 8. The lowest BCUT2D eigenvalue weighted by Crippen LogP contribution is -2.48. The summed E-state index contributed by atoms with van der Waals surface area (Å²) in [6, 6.07) is 14.2. The number of piperidine rings is 1. The highest BCUT2D eigenvalue weighted by atomic mass is 32.2. The molecule has 0 bridgehead atoms. The van der Waals surface area contributed by atoms with Crippen LogP contribution in [0.25, 0.3) is 21.8 Å². The molecule has 1 fully saturated rings. The van der Waals surface area contributed by atoms with Gasteiger partial charge in [0.2, 0.25) is 10.0 Å². The second-order valence-corrected chi connectivity index (χ2v) is 13.5. The van der Waals surface area contributed by atoms with Gasteiger partial charge in [0.1, 0.15) is 11.3 Å².